The Kier molecular flexibility index (Phi) is 5.66. The highest BCUT2D eigenvalue weighted by Crippen LogP contribution is 2.20. The molecule has 0 bridgehead atoms. The smallest absolute Gasteiger partial charge is 0.323 e. The van der Waals surface area contributed by atoms with Crippen molar-refractivity contribution in [2.24, 2.45) is 0 Å². The average molecular weight is 457 g/mol. The third-order valence-electron chi connectivity index (χ3n) is 4.78. The van der Waals surface area contributed by atoms with Crippen LogP contribution in [-0.4, -0.2) is 35.7 Å². The third-order valence-corrected chi connectivity index (χ3v) is 7.02. The molecule has 31 heavy (non-hydrogen) atoms. The van der Waals surface area contributed by atoms with E-state index in [1.807, 2.05) is 24.4 Å². The first kappa shape index (κ1) is 20.9. The first-order chi connectivity index (χ1) is 14.9. The summed E-state index contributed by atoms with van der Waals surface area (Å²) in [5, 5.41) is 1.97. The van der Waals surface area contributed by atoms with E-state index in [0.717, 1.165) is 4.88 Å². The molecule has 1 amide bonds. The molecule has 0 aliphatic rings. The largest absolute Gasteiger partial charge is 0.334 e. The zero-order valence-electron chi connectivity index (χ0n) is 16.6. The summed E-state index contributed by atoms with van der Waals surface area (Å²) in [6, 6.07) is 14.6. The lowest BCUT2D eigenvalue weighted by Gasteiger charge is -2.20. The van der Waals surface area contributed by atoms with E-state index < -0.39 is 15.7 Å². The van der Waals surface area contributed by atoms with Crippen LogP contribution in [0, 0.1) is 0 Å². The zero-order valence-corrected chi connectivity index (χ0v) is 18.2. The van der Waals surface area contributed by atoms with Gasteiger partial charge in [0.15, 0.2) is 0 Å². The number of thiophene rings is 1. The summed E-state index contributed by atoms with van der Waals surface area (Å²) < 4.78 is 27.9. The Morgan fingerprint density at radius 1 is 1.06 bits per heavy atom. The normalized spacial score (nSPS) is 11.5. The number of imidazole rings is 1. The van der Waals surface area contributed by atoms with Gasteiger partial charge in [-0.25, -0.2) is 13.2 Å². The first-order valence-electron chi connectivity index (χ1n) is 9.52. The van der Waals surface area contributed by atoms with Gasteiger partial charge in [0, 0.05) is 22.7 Å². The van der Waals surface area contributed by atoms with E-state index in [-0.39, 0.29) is 10.8 Å². The van der Waals surface area contributed by atoms with Crippen molar-refractivity contribution in [3.63, 3.8) is 0 Å². The molecule has 0 atom stereocenters. The van der Waals surface area contributed by atoms with E-state index in [1.54, 1.807) is 40.5 Å². The van der Waals surface area contributed by atoms with Gasteiger partial charge in [0.1, 0.15) is 0 Å². The highest BCUT2D eigenvalue weighted by molar-refractivity contribution is 7.92. The maximum atomic E-state index is 12.8. The van der Waals surface area contributed by atoms with Gasteiger partial charge in [-0.05, 0) is 60.8 Å². The Hall–Kier alpha value is -3.37. The third kappa shape index (κ3) is 4.54. The number of benzene rings is 2. The molecule has 0 radical (unpaired) electrons. The average Bonchev–Trinajstić information content (AvgIpc) is 3.39. The van der Waals surface area contributed by atoms with Crippen LogP contribution in [0.2, 0.25) is 0 Å². The summed E-state index contributed by atoms with van der Waals surface area (Å²) in [5.74, 6) is -0.118. The van der Waals surface area contributed by atoms with Gasteiger partial charge in [-0.2, -0.15) is 0 Å². The molecular formula is C21H20N4O4S2. The molecule has 0 saturated heterocycles. The number of H-pyrrole nitrogens is 2. The van der Waals surface area contributed by atoms with E-state index in [4.69, 9.17) is 0 Å². The van der Waals surface area contributed by atoms with Gasteiger partial charge in [-0.15, -0.1) is 11.3 Å². The molecule has 160 valence electrons. The molecule has 0 fully saturated rings. The maximum Gasteiger partial charge on any atom is 0.323 e. The summed E-state index contributed by atoms with van der Waals surface area (Å²) in [6.07, 6.45) is 0. The fraction of sp³-hybridized carbons (Fsp3) is 0.143. The van der Waals surface area contributed by atoms with Gasteiger partial charge in [0.2, 0.25) is 0 Å². The van der Waals surface area contributed by atoms with E-state index in [9.17, 15) is 18.0 Å². The van der Waals surface area contributed by atoms with Crippen LogP contribution < -0.4 is 10.4 Å². The molecule has 2 heterocycles. The summed E-state index contributed by atoms with van der Waals surface area (Å²) in [4.78, 5) is 32.1. The second-order valence-electron chi connectivity index (χ2n) is 6.87. The van der Waals surface area contributed by atoms with Crippen molar-refractivity contribution in [1.82, 2.24) is 14.9 Å². The van der Waals surface area contributed by atoms with Crippen molar-refractivity contribution in [3.05, 3.63) is 80.9 Å². The number of hydrogen-bond acceptors (Lipinski definition) is 5. The van der Waals surface area contributed by atoms with Gasteiger partial charge in [-0.3, -0.25) is 9.52 Å². The number of sulfonamides is 1. The number of rotatable bonds is 7. The molecule has 0 aliphatic heterocycles. The minimum absolute atomic E-state index is 0.0171. The Labute approximate surface area is 182 Å². The predicted octanol–water partition coefficient (Wildman–Crippen LogP) is 3.38. The molecule has 0 unspecified atom stereocenters. The molecule has 8 nitrogen and oxygen atoms in total. The number of anilines is 1. The molecular weight excluding hydrogens is 436 g/mol. The van der Waals surface area contributed by atoms with E-state index in [1.165, 1.54) is 18.2 Å². The van der Waals surface area contributed by atoms with Gasteiger partial charge in [0.25, 0.3) is 15.9 Å². The molecule has 2 aromatic heterocycles. The molecule has 3 N–H and O–H groups in total. The van der Waals surface area contributed by atoms with Crippen LogP contribution in [0.3, 0.4) is 0 Å². The molecule has 0 spiro atoms. The standard InChI is InChI=1S/C21H20N4O4S2/c1-2-25(13-16-4-3-11-30-16)20(26)14-5-7-15(8-6-14)24-31(28,29)17-9-10-18-19(12-17)23-21(27)22-18/h3-12,24H,2,13H2,1H3,(H2,22,23,27). The second-order valence-corrected chi connectivity index (χ2v) is 9.58. The molecule has 0 saturated carbocycles. The number of amides is 1. The first-order valence-corrected chi connectivity index (χ1v) is 11.9. The maximum absolute atomic E-state index is 12.8. The summed E-state index contributed by atoms with van der Waals surface area (Å²) in [7, 11) is -3.86. The van der Waals surface area contributed by atoms with Gasteiger partial charge < -0.3 is 14.9 Å². The minimum atomic E-state index is -3.86. The summed E-state index contributed by atoms with van der Waals surface area (Å²) >= 11 is 1.60. The fourth-order valence-corrected chi connectivity index (χ4v) is 4.98. The summed E-state index contributed by atoms with van der Waals surface area (Å²) in [6.45, 7) is 3.02. The number of nitrogens with one attached hydrogen (secondary N) is 3. The minimum Gasteiger partial charge on any atom is -0.334 e. The SMILES string of the molecule is CCN(Cc1cccs1)C(=O)c1ccc(NS(=O)(=O)c2ccc3[nH]c(=O)[nH]c3c2)cc1. The molecule has 4 rings (SSSR count). The number of aromatic amines is 2. The number of carbonyl (C=O) groups excluding carboxylic acids is 1. The molecule has 4 aromatic rings. The Morgan fingerprint density at radius 3 is 2.48 bits per heavy atom. The highest BCUT2D eigenvalue weighted by Gasteiger charge is 2.18. The fourth-order valence-electron chi connectivity index (χ4n) is 3.17. The lowest BCUT2D eigenvalue weighted by atomic mass is 10.2. The van der Waals surface area contributed by atoms with E-state index in [0.29, 0.717) is 35.4 Å². The second kappa shape index (κ2) is 8.40. The van der Waals surface area contributed by atoms with E-state index in [2.05, 4.69) is 14.7 Å². The van der Waals surface area contributed by atoms with Crippen molar-refractivity contribution in [3.8, 4) is 0 Å². The predicted molar refractivity (Wildman–Crippen MR) is 121 cm³/mol. The quantitative estimate of drug-likeness (QED) is 0.395. The number of hydrogen-bond donors (Lipinski definition) is 3. The Morgan fingerprint density at radius 2 is 1.81 bits per heavy atom. The van der Waals surface area contributed by atoms with Crippen LogP contribution in [0.1, 0.15) is 22.2 Å². The molecule has 0 aliphatic carbocycles. The van der Waals surface area contributed by atoms with Crippen LogP contribution in [0.15, 0.2) is 69.7 Å². The van der Waals surface area contributed by atoms with Crippen molar-refractivity contribution >= 4 is 44.0 Å². The lowest BCUT2D eigenvalue weighted by Crippen LogP contribution is -2.29. The van der Waals surface area contributed by atoms with Gasteiger partial charge in [0.05, 0.1) is 22.5 Å². The zero-order chi connectivity index (χ0) is 22.0. The van der Waals surface area contributed by atoms with Crippen molar-refractivity contribution in [1.29, 1.82) is 0 Å². The number of fused-ring (bicyclic) bond motifs is 1. The molecule has 10 heteroatoms. The van der Waals surface area contributed by atoms with Crippen LogP contribution >= 0.6 is 11.3 Å². The molecule has 2 aromatic carbocycles. The van der Waals surface area contributed by atoms with Crippen LogP contribution in [0.25, 0.3) is 11.0 Å². The van der Waals surface area contributed by atoms with Crippen molar-refractivity contribution < 1.29 is 13.2 Å². The van der Waals surface area contributed by atoms with E-state index >= 15 is 0 Å². The van der Waals surface area contributed by atoms with Crippen LogP contribution in [0.4, 0.5) is 5.69 Å². The summed E-state index contributed by atoms with van der Waals surface area (Å²) in [5.41, 5.74) is 1.33. The lowest BCUT2D eigenvalue weighted by molar-refractivity contribution is 0.0754. The van der Waals surface area contributed by atoms with Crippen molar-refractivity contribution in [2.75, 3.05) is 11.3 Å². The highest BCUT2D eigenvalue weighted by atomic mass is 32.2. The Bertz CT molecular complexity index is 1370. The monoisotopic (exact) mass is 456 g/mol. The number of nitrogens with zero attached hydrogens (tertiary/aromatic N) is 1. The Balaban J connectivity index is 1.50. The van der Waals surface area contributed by atoms with Crippen LogP contribution in [-0.2, 0) is 16.6 Å². The van der Waals surface area contributed by atoms with Crippen molar-refractivity contribution in [2.45, 2.75) is 18.4 Å². The number of carbonyl (C=O) groups is 1. The number of aromatic nitrogens is 2. The van der Waals surface area contributed by atoms with Gasteiger partial charge in [-0.1, -0.05) is 6.07 Å². The topological polar surface area (TPSA) is 115 Å². The van der Waals surface area contributed by atoms with Crippen LogP contribution in [0.5, 0.6) is 0 Å². The van der Waals surface area contributed by atoms with Gasteiger partial charge >= 0.3 is 5.69 Å².